The number of rotatable bonds is 56. The van der Waals surface area contributed by atoms with Gasteiger partial charge in [-0.05, 0) is 64.2 Å². The summed E-state index contributed by atoms with van der Waals surface area (Å²) in [6, 6.07) is -0.811. The molecule has 0 saturated carbocycles. The van der Waals surface area contributed by atoms with E-state index in [1.165, 1.54) is 212 Å². The predicted octanol–water partition coefficient (Wildman–Crippen LogP) is 15.5. The van der Waals surface area contributed by atoms with E-state index in [0.717, 1.165) is 64.2 Å². The van der Waals surface area contributed by atoms with Gasteiger partial charge in [-0.15, -0.1) is 0 Å². The van der Waals surface area contributed by atoms with Crippen LogP contribution in [0.2, 0.25) is 0 Å². The van der Waals surface area contributed by atoms with Crippen LogP contribution < -0.4 is 5.32 Å². The normalized spacial score (nSPS) is 18.9. The number of ether oxygens (including phenoxy) is 3. The van der Waals surface area contributed by atoms with Gasteiger partial charge in [0.15, 0.2) is 6.29 Å². The van der Waals surface area contributed by atoms with Crippen molar-refractivity contribution in [3.63, 3.8) is 0 Å². The highest BCUT2D eigenvalue weighted by atomic mass is 16.7. The minimum Gasteiger partial charge on any atom is -0.466 e. The molecule has 1 amide bonds. The number of nitrogens with one attached hydrogen (secondary N) is 1. The Balaban J connectivity index is 1.98. The fourth-order valence-corrected chi connectivity index (χ4v) is 10.1. The van der Waals surface area contributed by atoms with Gasteiger partial charge in [0.1, 0.15) is 24.4 Å². The SMILES string of the molecule is CCCCCCCCC/C=C/C(O)C(COC1OC(CO)C(O)C(O)C1O)NC(=O)CCCCCCCCCCCCC/C=C\C/C=C\CCCCCCCCCCCOC(=O)CCCCCCCCCCCCCC. The second-order valence-electron chi connectivity index (χ2n) is 22.5. The summed E-state index contributed by atoms with van der Waals surface area (Å²) in [5, 5.41) is 54.2. The lowest BCUT2D eigenvalue weighted by molar-refractivity contribution is -0.302. The predicted molar refractivity (Wildman–Crippen MR) is 315 cm³/mol. The summed E-state index contributed by atoms with van der Waals surface area (Å²) in [5.41, 5.74) is 0. The average molecular weight is 1080 g/mol. The molecule has 1 fully saturated rings. The number of hydrogen-bond acceptors (Lipinski definition) is 10. The minimum absolute atomic E-state index is 0.00164. The fourth-order valence-electron chi connectivity index (χ4n) is 10.1. The summed E-state index contributed by atoms with van der Waals surface area (Å²) >= 11 is 0. The first-order chi connectivity index (χ1) is 37.2. The molecule has 446 valence electrons. The quantitative estimate of drug-likeness (QED) is 0.0195. The van der Waals surface area contributed by atoms with E-state index in [4.69, 9.17) is 14.2 Å². The first kappa shape index (κ1) is 71.9. The molecule has 0 aromatic heterocycles. The Labute approximate surface area is 466 Å². The molecule has 7 unspecified atom stereocenters. The van der Waals surface area contributed by atoms with E-state index in [9.17, 15) is 35.1 Å². The van der Waals surface area contributed by atoms with E-state index in [0.29, 0.717) is 19.4 Å². The lowest BCUT2D eigenvalue weighted by Gasteiger charge is -2.40. The largest absolute Gasteiger partial charge is 0.466 e. The number of hydrogen-bond donors (Lipinski definition) is 6. The Kier molecular flexibility index (Phi) is 51.9. The second-order valence-corrected chi connectivity index (χ2v) is 22.5. The van der Waals surface area contributed by atoms with Crippen molar-refractivity contribution < 1.29 is 49.3 Å². The van der Waals surface area contributed by atoms with Crippen LogP contribution in [0, 0.1) is 0 Å². The molecule has 1 rings (SSSR count). The Morgan fingerprint density at radius 2 is 0.882 bits per heavy atom. The lowest BCUT2D eigenvalue weighted by Crippen LogP contribution is -2.60. The number of allylic oxidation sites excluding steroid dienone is 5. The maximum Gasteiger partial charge on any atom is 0.305 e. The molecule has 76 heavy (non-hydrogen) atoms. The molecule has 1 saturated heterocycles. The van der Waals surface area contributed by atoms with Crippen LogP contribution in [0.25, 0.3) is 0 Å². The van der Waals surface area contributed by atoms with E-state index in [2.05, 4.69) is 43.5 Å². The van der Waals surface area contributed by atoms with E-state index in [1.54, 1.807) is 6.08 Å². The van der Waals surface area contributed by atoms with Crippen LogP contribution in [0.4, 0.5) is 0 Å². The van der Waals surface area contributed by atoms with Gasteiger partial charge < -0.3 is 45.1 Å². The van der Waals surface area contributed by atoms with Crippen LogP contribution in [-0.2, 0) is 23.8 Å². The van der Waals surface area contributed by atoms with E-state index in [-0.39, 0.29) is 18.5 Å². The molecule has 0 aromatic rings. The van der Waals surface area contributed by atoms with Crippen LogP contribution in [0.15, 0.2) is 36.5 Å². The number of amides is 1. The van der Waals surface area contributed by atoms with Gasteiger partial charge in [-0.2, -0.15) is 0 Å². The molecule has 7 atom stereocenters. The molecule has 1 aliphatic rings. The highest BCUT2D eigenvalue weighted by Crippen LogP contribution is 2.23. The molecular formula is C65H121NO10. The molecule has 0 radical (unpaired) electrons. The van der Waals surface area contributed by atoms with Crippen molar-refractivity contribution in [2.45, 2.75) is 346 Å². The number of esters is 1. The zero-order chi connectivity index (χ0) is 55.2. The lowest BCUT2D eigenvalue weighted by atomic mass is 9.99. The van der Waals surface area contributed by atoms with E-state index < -0.39 is 49.5 Å². The molecule has 11 heteroatoms. The third kappa shape index (κ3) is 43.7. The summed E-state index contributed by atoms with van der Waals surface area (Å²) in [5.74, 6) is -0.185. The molecule has 0 bridgehead atoms. The third-order valence-corrected chi connectivity index (χ3v) is 15.2. The Bertz CT molecular complexity index is 1360. The highest BCUT2D eigenvalue weighted by Gasteiger charge is 2.44. The van der Waals surface area contributed by atoms with Crippen molar-refractivity contribution >= 4 is 11.9 Å². The van der Waals surface area contributed by atoms with Crippen LogP contribution in [0.1, 0.15) is 303 Å². The van der Waals surface area contributed by atoms with Crippen LogP contribution >= 0.6 is 0 Å². The standard InChI is InChI=1S/C65H121NO10/c1-3-5-7-9-11-13-14-33-37-41-45-49-53-61(70)74-54-50-46-42-38-34-31-29-27-25-23-21-19-17-15-16-18-20-22-24-26-28-30-32-36-40-44-48-52-60(69)66-57(58(68)51-47-43-39-35-12-10-8-6-4-2)56-75-65-64(73)63(72)62(71)59(55-67)76-65/h15-16,19,21,47,51,57-59,62-65,67-68,71-73H,3-14,17-18,20,22-46,48-50,52-56H2,1-2H3,(H,66,69)/b16-15-,21-19-,51-47+. The number of carbonyl (C=O) groups excluding carboxylic acids is 2. The molecule has 0 aromatic carbocycles. The summed E-state index contributed by atoms with van der Waals surface area (Å²) in [6.07, 6.45) is 58.4. The third-order valence-electron chi connectivity index (χ3n) is 15.2. The minimum atomic E-state index is -1.57. The van der Waals surface area contributed by atoms with Crippen LogP contribution in [-0.4, -0.2) is 100 Å². The van der Waals surface area contributed by atoms with Gasteiger partial charge in [0.05, 0.1) is 32.0 Å². The zero-order valence-electron chi connectivity index (χ0n) is 49.2. The number of unbranched alkanes of at least 4 members (excludes halogenated alkanes) is 38. The molecule has 1 aliphatic heterocycles. The van der Waals surface area contributed by atoms with Crippen molar-refractivity contribution in [2.75, 3.05) is 19.8 Å². The second kappa shape index (κ2) is 54.8. The summed E-state index contributed by atoms with van der Waals surface area (Å²) in [6.45, 7) is 4.32. The number of carbonyl (C=O) groups is 2. The Morgan fingerprint density at radius 1 is 0.487 bits per heavy atom. The van der Waals surface area contributed by atoms with Gasteiger partial charge in [-0.25, -0.2) is 0 Å². The van der Waals surface area contributed by atoms with Crippen LogP contribution in [0.5, 0.6) is 0 Å². The van der Waals surface area contributed by atoms with Crippen molar-refractivity contribution in [1.82, 2.24) is 5.32 Å². The summed E-state index contributed by atoms with van der Waals surface area (Å²) < 4.78 is 16.7. The summed E-state index contributed by atoms with van der Waals surface area (Å²) in [7, 11) is 0. The fraction of sp³-hybridized carbons (Fsp3) is 0.877. The molecule has 11 nitrogen and oxygen atoms in total. The van der Waals surface area contributed by atoms with Gasteiger partial charge in [0, 0.05) is 12.8 Å². The highest BCUT2D eigenvalue weighted by molar-refractivity contribution is 5.76. The number of aliphatic hydroxyl groups is 5. The van der Waals surface area contributed by atoms with Gasteiger partial charge in [0.25, 0.3) is 0 Å². The first-order valence-corrected chi connectivity index (χ1v) is 32.3. The molecule has 0 aliphatic carbocycles. The molecule has 6 N–H and O–H groups in total. The maximum atomic E-state index is 13.0. The zero-order valence-corrected chi connectivity index (χ0v) is 49.2. The average Bonchev–Trinajstić information content (AvgIpc) is 3.42. The Morgan fingerprint density at radius 3 is 1.33 bits per heavy atom. The molecular weight excluding hydrogens is 955 g/mol. The van der Waals surface area contributed by atoms with Gasteiger partial charge in [-0.3, -0.25) is 9.59 Å². The van der Waals surface area contributed by atoms with Gasteiger partial charge in [-0.1, -0.05) is 262 Å². The number of aliphatic hydroxyl groups excluding tert-OH is 5. The van der Waals surface area contributed by atoms with E-state index >= 15 is 0 Å². The van der Waals surface area contributed by atoms with Gasteiger partial charge >= 0.3 is 5.97 Å². The van der Waals surface area contributed by atoms with Crippen molar-refractivity contribution in [3.8, 4) is 0 Å². The topological polar surface area (TPSA) is 175 Å². The monoisotopic (exact) mass is 1080 g/mol. The maximum absolute atomic E-state index is 13.0. The van der Waals surface area contributed by atoms with Crippen LogP contribution in [0.3, 0.4) is 0 Å². The first-order valence-electron chi connectivity index (χ1n) is 32.3. The van der Waals surface area contributed by atoms with Crippen molar-refractivity contribution in [1.29, 1.82) is 0 Å². The van der Waals surface area contributed by atoms with Crippen molar-refractivity contribution in [2.24, 2.45) is 0 Å². The molecule has 0 spiro atoms. The van der Waals surface area contributed by atoms with Gasteiger partial charge in [0.2, 0.25) is 5.91 Å². The smallest absolute Gasteiger partial charge is 0.305 e. The molecule has 1 heterocycles. The summed E-state index contributed by atoms with van der Waals surface area (Å²) in [4.78, 5) is 25.0. The van der Waals surface area contributed by atoms with E-state index in [1.807, 2.05) is 6.08 Å². The Hall–Kier alpha value is -2.12. The van der Waals surface area contributed by atoms with Crippen molar-refractivity contribution in [3.05, 3.63) is 36.5 Å².